The lowest BCUT2D eigenvalue weighted by atomic mass is 10.0. The molecule has 0 heterocycles. The van der Waals surface area contributed by atoms with Crippen LogP contribution in [0.2, 0.25) is 0 Å². The molecular formula is C15H31NO2. The predicted octanol–water partition coefficient (Wildman–Crippen LogP) is 4.10. The number of unbranched alkanes of at least 4 members (excludes halogenated alkanes) is 7. The molecule has 0 aliphatic carbocycles. The summed E-state index contributed by atoms with van der Waals surface area (Å²) in [5.74, 6) is -0.670. The van der Waals surface area contributed by atoms with Gasteiger partial charge >= 0.3 is 5.97 Å². The quantitative estimate of drug-likeness (QED) is 0.488. The third-order valence-corrected chi connectivity index (χ3v) is 3.39. The Morgan fingerprint density at radius 1 is 0.944 bits per heavy atom. The van der Waals surface area contributed by atoms with E-state index in [1.54, 1.807) is 0 Å². The lowest BCUT2D eigenvalue weighted by molar-refractivity contribution is -0.137. The minimum Gasteiger partial charge on any atom is -0.481 e. The SMILES string of the molecule is CCCCC(N)CCCCCCCCCC(=O)O. The van der Waals surface area contributed by atoms with Crippen molar-refractivity contribution in [2.24, 2.45) is 5.73 Å². The van der Waals surface area contributed by atoms with Crippen molar-refractivity contribution in [1.82, 2.24) is 0 Å². The Kier molecular flexibility index (Phi) is 12.5. The largest absolute Gasteiger partial charge is 0.481 e. The zero-order chi connectivity index (χ0) is 13.6. The van der Waals surface area contributed by atoms with E-state index in [9.17, 15) is 4.79 Å². The molecule has 18 heavy (non-hydrogen) atoms. The van der Waals surface area contributed by atoms with Crippen LogP contribution >= 0.6 is 0 Å². The zero-order valence-corrected chi connectivity index (χ0v) is 12.0. The van der Waals surface area contributed by atoms with E-state index in [-0.39, 0.29) is 0 Å². The van der Waals surface area contributed by atoms with E-state index < -0.39 is 5.97 Å². The van der Waals surface area contributed by atoms with Crippen molar-refractivity contribution in [3.8, 4) is 0 Å². The third-order valence-electron chi connectivity index (χ3n) is 3.39. The average molecular weight is 257 g/mol. The first-order valence-corrected chi connectivity index (χ1v) is 7.64. The molecule has 0 spiro atoms. The van der Waals surface area contributed by atoms with E-state index in [1.165, 1.54) is 57.8 Å². The molecule has 1 atom stereocenters. The van der Waals surface area contributed by atoms with Crippen LogP contribution in [-0.4, -0.2) is 17.1 Å². The Morgan fingerprint density at radius 3 is 2.00 bits per heavy atom. The number of hydrogen-bond donors (Lipinski definition) is 2. The van der Waals surface area contributed by atoms with Gasteiger partial charge in [0.25, 0.3) is 0 Å². The number of carbonyl (C=O) groups is 1. The van der Waals surface area contributed by atoms with E-state index in [0.717, 1.165) is 12.8 Å². The lowest BCUT2D eigenvalue weighted by Crippen LogP contribution is -2.19. The second-order valence-electron chi connectivity index (χ2n) is 5.31. The molecule has 3 nitrogen and oxygen atoms in total. The Morgan fingerprint density at radius 2 is 1.44 bits per heavy atom. The molecule has 0 aliphatic heterocycles. The molecule has 0 rings (SSSR count). The molecule has 1 unspecified atom stereocenters. The van der Waals surface area contributed by atoms with Crippen LogP contribution in [0.1, 0.15) is 84.0 Å². The molecule has 3 heteroatoms. The third kappa shape index (κ3) is 13.5. The summed E-state index contributed by atoms with van der Waals surface area (Å²) in [4.78, 5) is 10.3. The molecule has 0 bridgehead atoms. The molecule has 0 aromatic rings. The van der Waals surface area contributed by atoms with Crippen molar-refractivity contribution in [1.29, 1.82) is 0 Å². The normalized spacial score (nSPS) is 12.6. The summed E-state index contributed by atoms with van der Waals surface area (Å²) >= 11 is 0. The monoisotopic (exact) mass is 257 g/mol. The molecule has 0 radical (unpaired) electrons. The van der Waals surface area contributed by atoms with Gasteiger partial charge in [-0.25, -0.2) is 0 Å². The topological polar surface area (TPSA) is 63.3 Å². The van der Waals surface area contributed by atoms with Gasteiger partial charge in [-0.05, 0) is 19.3 Å². The summed E-state index contributed by atoms with van der Waals surface area (Å²) in [6.07, 6.45) is 13.3. The Hall–Kier alpha value is -0.570. The van der Waals surface area contributed by atoms with Crippen LogP contribution in [0.3, 0.4) is 0 Å². The Bertz CT molecular complexity index is 195. The summed E-state index contributed by atoms with van der Waals surface area (Å²) in [7, 11) is 0. The maximum absolute atomic E-state index is 10.3. The van der Waals surface area contributed by atoms with E-state index in [4.69, 9.17) is 10.8 Å². The van der Waals surface area contributed by atoms with Crippen LogP contribution in [0, 0.1) is 0 Å². The molecule has 0 fully saturated rings. The van der Waals surface area contributed by atoms with Gasteiger partial charge in [-0.3, -0.25) is 4.79 Å². The number of rotatable bonds is 13. The molecule has 3 N–H and O–H groups in total. The molecule has 0 aliphatic rings. The van der Waals surface area contributed by atoms with Gasteiger partial charge in [0.15, 0.2) is 0 Å². The second-order valence-corrected chi connectivity index (χ2v) is 5.31. The van der Waals surface area contributed by atoms with Crippen LogP contribution in [0.4, 0.5) is 0 Å². The van der Waals surface area contributed by atoms with Crippen molar-refractivity contribution >= 4 is 5.97 Å². The smallest absolute Gasteiger partial charge is 0.303 e. The fourth-order valence-electron chi connectivity index (χ4n) is 2.18. The zero-order valence-electron chi connectivity index (χ0n) is 12.0. The average Bonchev–Trinajstić information content (AvgIpc) is 2.34. The van der Waals surface area contributed by atoms with Crippen LogP contribution in [-0.2, 0) is 4.79 Å². The maximum atomic E-state index is 10.3. The van der Waals surface area contributed by atoms with Gasteiger partial charge in [0.2, 0.25) is 0 Å². The van der Waals surface area contributed by atoms with Crippen molar-refractivity contribution in [2.45, 2.75) is 90.0 Å². The number of nitrogens with two attached hydrogens (primary N) is 1. The van der Waals surface area contributed by atoms with Crippen molar-refractivity contribution < 1.29 is 9.90 Å². The van der Waals surface area contributed by atoms with Crippen LogP contribution in [0.25, 0.3) is 0 Å². The van der Waals surface area contributed by atoms with Crippen LogP contribution < -0.4 is 5.73 Å². The number of aliphatic carboxylic acids is 1. The van der Waals surface area contributed by atoms with Gasteiger partial charge < -0.3 is 10.8 Å². The fourth-order valence-corrected chi connectivity index (χ4v) is 2.18. The number of carboxylic acids is 1. The highest BCUT2D eigenvalue weighted by atomic mass is 16.4. The summed E-state index contributed by atoms with van der Waals surface area (Å²) in [5, 5.41) is 8.49. The summed E-state index contributed by atoms with van der Waals surface area (Å²) < 4.78 is 0. The van der Waals surface area contributed by atoms with Crippen molar-refractivity contribution in [3.63, 3.8) is 0 Å². The molecule has 0 amide bonds. The number of carboxylic acid groups (broad SMARTS) is 1. The van der Waals surface area contributed by atoms with Crippen molar-refractivity contribution in [2.75, 3.05) is 0 Å². The Balaban J connectivity index is 3.09. The van der Waals surface area contributed by atoms with Crippen LogP contribution in [0.15, 0.2) is 0 Å². The fraction of sp³-hybridized carbons (Fsp3) is 0.933. The highest BCUT2D eigenvalue weighted by Gasteiger charge is 2.01. The van der Waals surface area contributed by atoms with Gasteiger partial charge in [0.05, 0.1) is 0 Å². The van der Waals surface area contributed by atoms with E-state index in [1.807, 2.05) is 0 Å². The standard InChI is InChI=1S/C15H31NO2/c1-2-3-11-14(16)12-9-7-5-4-6-8-10-13-15(17)18/h14H,2-13,16H2,1H3,(H,17,18). The van der Waals surface area contributed by atoms with Crippen LogP contribution in [0.5, 0.6) is 0 Å². The summed E-state index contributed by atoms with van der Waals surface area (Å²) in [6, 6.07) is 0.403. The first kappa shape index (κ1) is 17.4. The first-order chi connectivity index (χ1) is 8.66. The lowest BCUT2D eigenvalue weighted by Gasteiger charge is -2.10. The van der Waals surface area contributed by atoms with Gasteiger partial charge in [-0.2, -0.15) is 0 Å². The van der Waals surface area contributed by atoms with Crippen molar-refractivity contribution in [3.05, 3.63) is 0 Å². The summed E-state index contributed by atoms with van der Waals surface area (Å²) in [5.41, 5.74) is 6.01. The van der Waals surface area contributed by atoms with Gasteiger partial charge in [-0.1, -0.05) is 58.3 Å². The molecule has 108 valence electrons. The van der Waals surface area contributed by atoms with E-state index in [0.29, 0.717) is 12.5 Å². The predicted molar refractivity (Wildman–Crippen MR) is 76.7 cm³/mol. The van der Waals surface area contributed by atoms with E-state index >= 15 is 0 Å². The number of hydrogen-bond acceptors (Lipinski definition) is 2. The molecule has 0 aromatic carbocycles. The summed E-state index contributed by atoms with van der Waals surface area (Å²) in [6.45, 7) is 2.21. The highest BCUT2D eigenvalue weighted by molar-refractivity contribution is 5.66. The second kappa shape index (κ2) is 12.9. The molecular weight excluding hydrogens is 226 g/mol. The Labute approximate surface area is 112 Å². The van der Waals surface area contributed by atoms with E-state index in [2.05, 4.69) is 6.92 Å². The minimum atomic E-state index is -0.670. The van der Waals surface area contributed by atoms with Gasteiger partial charge in [0.1, 0.15) is 0 Å². The highest BCUT2D eigenvalue weighted by Crippen LogP contribution is 2.12. The minimum absolute atomic E-state index is 0.326. The first-order valence-electron chi connectivity index (χ1n) is 7.64. The molecule has 0 saturated carbocycles. The van der Waals surface area contributed by atoms with Gasteiger partial charge in [0, 0.05) is 12.5 Å². The van der Waals surface area contributed by atoms with Gasteiger partial charge in [-0.15, -0.1) is 0 Å². The molecule has 0 aromatic heterocycles. The molecule has 0 saturated heterocycles. The maximum Gasteiger partial charge on any atom is 0.303 e.